The standard InChI is InChI=1S/C13H21N3O3S/c1-10(16-8-4-7-14-16)13(17)15-11-5-3-6-12(9-11)20(2,18)19/h4,7-8,10-12H,3,5-6,9H2,1-2H3,(H,15,17)/t10-,11+,12+/m1/s1. The van der Waals surface area contributed by atoms with Gasteiger partial charge in [0.1, 0.15) is 15.9 Å². The Morgan fingerprint density at radius 3 is 2.80 bits per heavy atom. The summed E-state index contributed by atoms with van der Waals surface area (Å²) in [7, 11) is -3.03. The topological polar surface area (TPSA) is 81.1 Å². The summed E-state index contributed by atoms with van der Waals surface area (Å²) in [5, 5.41) is 6.66. The van der Waals surface area contributed by atoms with Gasteiger partial charge >= 0.3 is 0 Å². The zero-order valence-corrected chi connectivity index (χ0v) is 12.6. The van der Waals surface area contributed by atoms with Crippen LogP contribution in [0, 0.1) is 0 Å². The van der Waals surface area contributed by atoms with Crippen LogP contribution in [0.5, 0.6) is 0 Å². The average Bonchev–Trinajstić information content (AvgIpc) is 2.91. The van der Waals surface area contributed by atoms with Crippen molar-refractivity contribution in [2.75, 3.05) is 6.26 Å². The van der Waals surface area contributed by atoms with Crippen molar-refractivity contribution in [3.63, 3.8) is 0 Å². The van der Waals surface area contributed by atoms with Crippen molar-refractivity contribution in [1.29, 1.82) is 0 Å². The first-order valence-electron chi connectivity index (χ1n) is 6.86. The monoisotopic (exact) mass is 299 g/mol. The number of rotatable bonds is 4. The van der Waals surface area contributed by atoms with Crippen LogP contribution in [-0.4, -0.2) is 41.7 Å². The fraction of sp³-hybridized carbons (Fsp3) is 0.692. The maximum absolute atomic E-state index is 12.1. The number of aromatic nitrogens is 2. The van der Waals surface area contributed by atoms with Gasteiger partial charge in [-0.25, -0.2) is 8.42 Å². The van der Waals surface area contributed by atoms with Crippen LogP contribution in [0.25, 0.3) is 0 Å². The van der Waals surface area contributed by atoms with E-state index >= 15 is 0 Å². The van der Waals surface area contributed by atoms with Crippen molar-refractivity contribution >= 4 is 15.7 Å². The van der Waals surface area contributed by atoms with E-state index in [4.69, 9.17) is 0 Å². The van der Waals surface area contributed by atoms with Crippen LogP contribution >= 0.6 is 0 Å². The average molecular weight is 299 g/mol. The molecule has 2 rings (SSSR count). The molecule has 6 nitrogen and oxygen atoms in total. The van der Waals surface area contributed by atoms with E-state index in [1.807, 2.05) is 0 Å². The van der Waals surface area contributed by atoms with Gasteiger partial charge in [0.15, 0.2) is 0 Å². The highest BCUT2D eigenvalue weighted by molar-refractivity contribution is 7.91. The lowest BCUT2D eigenvalue weighted by Crippen LogP contribution is -2.44. The zero-order chi connectivity index (χ0) is 14.8. The van der Waals surface area contributed by atoms with Gasteiger partial charge in [0, 0.05) is 24.7 Å². The summed E-state index contributed by atoms with van der Waals surface area (Å²) in [6, 6.07) is 1.32. The minimum Gasteiger partial charge on any atom is -0.351 e. The van der Waals surface area contributed by atoms with E-state index < -0.39 is 9.84 Å². The lowest BCUT2D eigenvalue weighted by molar-refractivity contribution is -0.125. The fourth-order valence-corrected chi connectivity index (χ4v) is 3.79. The SMILES string of the molecule is C[C@H](C(=O)N[C@H]1CCC[C@H](S(C)(=O)=O)C1)n1cccn1. The molecule has 1 aromatic heterocycles. The van der Waals surface area contributed by atoms with E-state index in [-0.39, 0.29) is 23.2 Å². The second-order valence-corrected chi connectivity index (χ2v) is 7.81. The van der Waals surface area contributed by atoms with Crippen LogP contribution in [0.1, 0.15) is 38.6 Å². The summed E-state index contributed by atoms with van der Waals surface area (Å²) in [6.45, 7) is 1.78. The Hall–Kier alpha value is -1.37. The Morgan fingerprint density at radius 2 is 2.20 bits per heavy atom. The second kappa shape index (κ2) is 5.95. The van der Waals surface area contributed by atoms with Gasteiger partial charge in [0.2, 0.25) is 5.91 Å². The molecule has 1 heterocycles. The van der Waals surface area contributed by atoms with E-state index in [2.05, 4.69) is 10.4 Å². The number of carbonyl (C=O) groups is 1. The van der Waals surface area contributed by atoms with Crippen LogP contribution in [0.3, 0.4) is 0 Å². The summed E-state index contributed by atoms with van der Waals surface area (Å²) in [4.78, 5) is 12.1. The third kappa shape index (κ3) is 3.59. The highest BCUT2D eigenvalue weighted by Crippen LogP contribution is 2.24. The van der Waals surface area contributed by atoms with Crippen LogP contribution in [-0.2, 0) is 14.6 Å². The molecule has 0 unspecified atom stereocenters. The smallest absolute Gasteiger partial charge is 0.244 e. The molecule has 0 saturated heterocycles. The molecule has 1 aliphatic rings. The van der Waals surface area contributed by atoms with Crippen molar-refractivity contribution in [1.82, 2.24) is 15.1 Å². The van der Waals surface area contributed by atoms with Gasteiger partial charge < -0.3 is 5.32 Å². The first-order valence-corrected chi connectivity index (χ1v) is 8.81. The lowest BCUT2D eigenvalue weighted by atomic mass is 9.95. The summed E-state index contributed by atoms with van der Waals surface area (Å²) >= 11 is 0. The van der Waals surface area contributed by atoms with E-state index in [1.54, 1.807) is 30.1 Å². The maximum Gasteiger partial charge on any atom is 0.244 e. The van der Waals surface area contributed by atoms with Gasteiger partial charge in [-0.1, -0.05) is 6.42 Å². The van der Waals surface area contributed by atoms with Crippen LogP contribution in [0.4, 0.5) is 0 Å². The molecular formula is C13H21N3O3S. The Morgan fingerprint density at radius 1 is 1.45 bits per heavy atom. The molecule has 1 amide bonds. The van der Waals surface area contributed by atoms with E-state index in [0.29, 0.717) is 12.8 Å². The predicted molar refractivity (Wildman–Crippen MR) is 76.0 cm³/mol. The molecule has 1 N–H and O–H groups in total. The zero-order valence-electron chi connectivity index (χ0n) is 11.8. The van der Waals surface area contributed by atoms with Crippen LogP contribution in [0.2, 0.25) is 0 Å². The van der Waals surface area contributed by atoms with Crippen molar-refractivity contribution in [3.8, 4) is 0 Å². The van der Waals surface area contributed by atoms with Gasteiger partial charge in [-0.2, -0.15) is 5.10 Å². The van der Waals surface area contributed by atoms with Crippen LogP contribution < -0.4 is 5.32 Å². The molecule has 0 bridgehead atoms. The summed E-state index contributed by atoms with van der Waals surface area (Å²) in [5.41, 5.74) is 0. The number of hydrogen-bond donors (Lipinski definition) is 1. The lowest BCUT2D eigenvalue weighted by Gasteiger charge is -2.29. The van der Waals surface area contributed by atoms with E-state index in [1.165, 1.54) is 6.26 Å². The third-order valence-corrected chi connectivity index (χ3v) is 5.52. The molecule has 1 fully saturated rings. The molecule has 112 valence electrons. The number of sulfone groups is 1. The molecule has 1 saturated carbocycles. The number of nitrogens with one attached hydrogen (secondary N) is 1. The van der Waals surface area contributed by atoms with E-state index in [0.717, 1.165) is 12.8 Å². The Balaban J connectivity index is 1.94. The van der Waals surface area contributed by atoms with Gasteiger partial charge in [-0.05, 0) is 32.3 Å². The minimum absolute atomic E-state index is 0.0611. The van der Waals surface area contributed by atoms with Gasteiger partial charge in [0.25, 0.3) is 0 Å². The number of nitrogens with zero attached hydrogens (tertiary/aromatic N) is 2. The van der Waals surface area contributed by atoms with Crippen molar-refractivity contribution in [3.05, 3.63) is 18.5 Å². The molecule has 0 aromatic carbocycles. The molecule has 20 heavy (non-hydrogen) atoms. The number of amides is 1. The third-order valence-electron chi connectivity index (χ3n) is 3.88. The normalized spacial score (nSPS) is 25.1. The van der Waals surface area contributed by atoms with Gasteiger partial charge in [-0.3, -0.25) is 9.48 Å². The first-order chi connectivity index (χ1) is 9.38. The fourth-order valence-electron chi connectivity index (χ4n) is 2.62. The summed E-state index contributed by atoms with van der Waals surface area (Å²) in [5.74, 6) is -0.118. The van der Waals surface area contributed by atoms with Crippen LogP contribution in [0.15, 0.2) is 18.5 Å². The first kappa shape index (κ1) is 15.0. The van der Waals surface area contributed by atoms with Crippen molar-refractivity contribution in [2.24, 2.45) is 0 Å². The minimum atomic E-state index is -3.03. The molecule has 3 atom stereocenters. The Kier molecular flexibility index (Phi) is 4.47. The molecule has 0 aliphatic heterocycles. The molecule has 0 radical (unpaired) electrons. The van der Waals surface area contributed by atoms with Gasteiger partial charge in [-0.15, -0.1) is 0 Å². The van der Waals surface area contributed by atoms with Crippen molar-refractivity contribution < 1.29 is 13.2 Å². The highest BCUT2D eigenvalue weighted by Gasteiger charge is 2.30. The molecule has 0 spiro atoms. The highest BCUT2D eigenvalue weighted by atomic mass is 32.2. The summed E-state index contributed by atoms with van der Waals surface area (Å²) < 4.78 is 24.8. The van der Waals surface area contributed by atoms with Gasteiger partial charge in [0.05, 0.1) is 5.25 Å². The molecule has 1 aromatic rings. The molecular weight excluding hydrogens is 278 g/mol. The quantitative estimate of drug-likeness (QED) is 0.896. The number of carbonyl (C=O) groups excluding carboxylic acids is 1. The predicted octanol–water partition coefficient (Wildman–Crippen LogP) is 0.916. The summed E-state index contributed by atoms with van der Waals surface area (Å²) in [6.07, 6.45) is 7.52. The Labute approximate surface area is 119 Å². The maximum atomic E-state index is 12.1. The Bertz CT molecular complexity index is 553. The molecule has 1 aliphatic carbocycles. The van der Waals surface area contributed by atoms with E-state index in [9.17, 15) is 13.2 Å². The second-order valence-electron chi connectivity index (χ2n) is 5.49. The number of hydrogen-bond acceptors (Lipinski definition) is 4. The largest absolute Gasteiger partial charge is 0.351 e. The molecule has 7 heteroatoms. The van der Waals surface area contributed by atoms with Crippen molar-refractivity contribution in [2.45, 2.75) is 49.9 Å².